The molecule has 0 spiro atoms. The molecule has 126 valence electrons. The lowest BCUT2D eigenvalue weighted by Crippen LogP contribution is -2.39. The summed E-state index contributed by atoms with van der Waals surface area (Å²) in [4.78, 5) is 9.21. The van der Waals surface area contributed by atoms with Crippen molar-refractivity contribution in [3.8, 4) is 0 Å². The van der Waals surface area contributed by atoms with E-state index in [1.54, 1.807) is 0 Å². The SMILES string of the molecule is CCN(CC)C(N)=NCCCCN1CC(C)CC(C)C1.I. The quantitative estimate of drug-likeness (QED) is 0.304. The molecule has 2 unspecified atom stereocenters. The maximum atomic E-state index is 5.97. The summed E-state index contributed by atoms with van der Waals surface area (Å²) >= 11 is 0. The van der Waals surface area contributed by atoms with Gasteiger partial charge in [-0.15, -0.1) is 24.0 Å². The molecule has 1 rings (SSSR count). The molecule has 1 heterocycles. The fourth-order valence-electron chi connectivity index (χ4n) is 3.26. The van der Waals surface area contributed by atoms with E-state index in [4.69, 9.17) is 5.73 Å². The van der Waals surface area contributed by atoms with Gasteiger partial charge in [-0.05, 0) is 51.5 Å². The summed E-state index contributed by atoms with van der Waals surface area (Å²) in [5.41, 5.74) is 5.97. The number of hydrogen-bond acceptors (Lipinski definition) is 2. The Morgan fingerprint density at radius 1 is 1.14 bits per heavy atom. The van der Waals surface area contributed by atoms with Crippen molar-refractivity contribution < 1.29 is 0 Å². The van der Waals surface area contributed by atoms with Crippen LogP contribution in [-0.2, 0) is 0 Å². The summed E-state index contributed by atoms with van der Waals surface area (Å²) in [6.45, 7) is 15.5. The average molecular weight is 410 g/mol. The first-order valence-electron chi connectivity index (χ1n) is 8.34. The molecule has 5 heteroatoms. The van der Waals surface area contributed by atoms with E-state index < -0.39 is 0 Å². The van der Waals surface area contributed by atoms with Crippen molar-refractivity contribution in [2.45, 2.75) is 47.0 Å². The van der Waals surface area contributed by atoms with E-state index in [0.717, 1.165) is 37.9 Å². The third-order valence-electron chi connectivity index (χ3n) is 4.19. The molecule has 1 aliphatic rings. The molecule has 1 saturated heterocycles. The summed E-state index contributed by atoms with van der Waals surface area (Å²) in [5, 5.41) is 0. The molecular formula is C16H35IN4. The highest BCUT2D eigenvalue weighted by molar-refractivity contribution is 14.0. The molecule has 0 aromatic carbocycles. The summed E-state index contributed by atoms with van der Waals surface area (Å²) in [6, 6.07) is 0. The lowest BCUT2D eigenvalue weighted by Gasteiger charge is -2.34. The van der Waals surface area contributed by atoms with Crippen LogP contribution in [0.15, 0.2) is 4.99 Å². The van der Waals surface area contributed by atoms with Crippen molar-refractivity contribution in [1.29, 1.82) is 0 Å². The first-order valence-corrected chi connectivity index (χ1v) is 8.34. The number of unbranched alkanes of at least 4 members (excludes halogenated alkanes) is 1. The minimum Gasteiger partial charge on any atom is -0.370 e. The van der Waals surface area contributed by atoms with Gasteiger partial charge >= 0.3 is 0 Å². The van der Waals surface area contributed by atoms with Crippen LogP contribution in [0.1, 0.15) is 47.0 Å². The van der Waals surface area contributed by atoms with Gasteiger partial charge in [-0.25, -0.2) is 0 Å². The van der Waals surface area contributed by atoms with Crippen molar-refractivity contribution >= 4 is 29.9 Å². The molecule has 2 N–H and O–H groups in total. The van der Waals surface area contributed by atoms with E-state index in [0.29, 0.717) is 5.96 Å². The monoisotopic (exact) mass is 410 g/mol. The normalized spacial score (nSPS) is 23.7. The van der Waals surface area contributed by atoms with E-state index in [-0.39, 0.29) is 24.0 Å². The second kappa shape index (κ2) is 11.5. The highest BCUT2D eigenvalue weighted by Gasteiger charge is 2.20. The number of likely N-dealkylation sites (tertiary alicyclic amines) is 1. The number of guanidine groups is 1. The first kappa shape index (κ1) is 21.0. The predicted octanol–water partition coefficient (Wildman–Crippen LogP) is 3.02. The number of piperidine rings is 1. The zero-order valence-corrected chi connectivity index (χ0v) is 16.7. The Hall–Kier alpha value is -0.0400. The van der Waals surface area contributed by atoms with Crippen LogP contribution in [0.5, 0.6) is 0 Å². The Labute approximate surface area is 148 Å². The molecule has 0 aromatic rings. The molecule has 0 saturated carbocycles. The van der Waals surface area contributed by atoms with E-state index in [2.05, 4.69) is 42.5 Å². The first-order chi connectivity index (χ1) is 9.56. The third-order valence-corrected chi connectivity index (χ3v) is 4.19. The van der Waals surface area contributed by atoms with Gasteiger partial charge in [-0.1, -0.05) is 13.8 Å². The van der Waals surface area contributed by atoms with Gasteiger partial charge in [0.25, 0.3) is 0 Å². The molecule has 0 aliphatic carbocycles. The highest BCUT2D eigenvalue weighted by atomic mass is 127. The van der Waals surface area contributed by atoms with Crippen molar-refractivity contribution in [2.24, 2.45) is 22.6 Å². The number of rotatable bonds is 7. The average Bonchev–Trinajstić information content (AvgIpc) is 2.38. The third kappa shape index (κ3) is 8.24. The minimum atomic E-state index is 0. The molecule has 4 nitrogen and oxygen atoms in total. The van der Waals surface area contributed by atoms with Gasteiger partial charge in [-0.3, -0.25) is 4.99 Å². The number of hydrogen-bond donors (Lipinski definition) is 1. The molecule has 21 heavy (non-hydrogen) atoms. The highest BCUT2D eigenvalue weighted by Crippen LogP contribution is 2.20. The smallest absolute Gasteiger partial charge is 0.191 e. The van der Waals surface area contributed by atoms with Gasteiger partial charge in [0.05, 0.1) is 0 Å². The molecule has 2 atom stereocenters. The molecule has 0 bridgehead atoms. The minimum absolute atomic E-state index is 0. The Morgan fingerprint density at radius 2 is 1.71 bits per heavy atom. The van der Waals surface area contributed by atoms with Gasteiger partial charge in [-0.2, -0.15) is 0 Å². The Kier molecular flexibility index (Phi) is 11.5. The van der Waals surface area contributed by atoms with Gasteiger partial charge in [0.1, 0.15) is 0 Å². The number of nitrogens with two attached hydrogens (primary N) is 1. The Balaban J connectivity index is 0.00000400. The van der Waals surface area contributed by atoms with Crippen LogP contribution in [-0.4, -0.2) is 55.0 Å². The molecule has 0 amide bonds. The number of nitrogens with zero attached hydrogens (tertiary/aromatic N) is 3. The molecular weight excluding hydrogens is 375 g/mol. The second-order valence-electron chi connectivity index (χ2n) is 6.32. The molecule has 1 fully saturated rings. The van der Waals surface area contributed by atoms with E-state index >= 15 is 0 Å². The maximum absolute atomic E-state index is 5.97. The van der Waals surface area contributed by atoms with Crippen LogP contribution in [0.4, 0.5) is 0 Å². The fourth-order valence-corrected chi connectivity index (χ4v) is 3.26. The summed E-state index contributed by atoms with van der Waals surface area (Å²) < 4.78 is 0. The van der Waals surface area contributed by atoms with Crippen molar-refractivity contribution in [1.82, 2.24) is 9.80 Å². The van der Waals surface area contributed by atoms with Crippen LogP contribution >= 0.6 is 24.0 Å². The van der Waals surface area contributed by atoms with Crippen LogP contribution in [0.25, 0.3) is 0 Å². The van der Waals surface area contributed by atoms with E-state index in [1.165, 1.54) is 32.5 Å². The van der Waals surface area contributed by atoms with Crippen molar-refractivity contribution in [3.63, 3.8) is 0 Å². The summed E-state index contributed by atoms with van der Waals surface area (Å²) in [6.07, 6.45) is 3.76. The molecule has 0 aromatic heterocycles. The molecule has 0 radical (unpaired) electrons. The van der Waals surface area contributed by atoms with Crippen LogP contribution in [0.3, 0.4) is 0 Å². The van der Waals surface area contributed by atoms with Gasteiger partial charge in [0.2, 0.25) is 0 Å². The fraction of sp³-hybridized carbons (Fsp3) is 0.938. The summed E-state index contributed by atoms with van der Waals surface area (Å²) in [7, 11) is 0. The second-order valence-corrected chi connectivity index (χ2v) is 6.32. The van der Waals surface area contributed by atoms with Crippen LogP contribution in [0.2, 0.25) is 0 Å². The summed E-state index contributed by atoms with van der Waals surface area (Å²) in [5.74, 6) is 2.42. The van der Waals surface area contributed by atoms with E-state index in [9.17, 15) is 0 Å². The van der Waals surface area contributed by atoms with Crippen molar-refractivity contribution in [3.05, 3.63) is 0 Å². The van der Waals surface area contributed by atoms with Gasteiger partial charge < -0.3 is 15.5 Å². The zero-order valence-electron chi connectivity index (χ0n) is 14.3. The Bertz CT molecular complexity index is 282. The van der Waals surface area contributed by atoms with Gasteiger partial charge in [0.15, 0.2) is 5.96 Å². The number of halogens is 1. The standard InChI is InChI=1S/C16H34N4.HI/c1-5-20(6-2)16(17)18-9-7-8-10-19-12-14(3)11-15(4)13-19;/h14-15H,5-13H2,1-4H3,(H2,17,18);1H. The number of aliphatic imine (C=N–C) groups is 1. The van der Waals surface area contributed by atoms with Crippen molar-refractivity contribution in [2.75, 3.05) is 39.3 Å². The zero-order chi connectivity index (χ0) is 15.0. The molecule has 1 aliphatic heterocycles. The maximum Gasteiger partial charge on any atom is 0.191 e. The largest absolute Gasteiger partial charge is 0.370 e. The predicted molar refractivity (Wildman–Crippen MR) is 103 cm³/mol. The van der Waals surface area contributed by atoms with Gasteiger partial charge in [0, 0.05) is 32.7 Å². The lowest BCUT2D eigenvalue weighted by atomic mass is 9.92. The lowest BCUT2D eigenvalue weighted by molar-refractivity contribution is 0.139. The van der Waals surface area contributed by atoms with Crippen LogP contribution in [0, 0.1) is 11.8 Å². The topological polar surface area (TPSA) is 44.9 Å². The van der Waals surface area contributed by atoms with Crippen LogP contribution < -0.4 is 5.73 Å². The Morgan fingerprint density at radius 3 is 2.24 bits per heavy atom. The van der Waals surface area contributed by atoms with E-state index in [1.807, 2.05) is 0 Å².